The highest BCUT2D eigenvalue weighted by Gasteiger charge is 2.07. The van der Waals surface area contributed by atoms with Gasteiger partial charge in [0.05, 0.1) is 5.56 Å². The average Bonchev–Trinajstić information content (AvgIpc) is 2.20. The van der Waals surface area contributed by atoms with Crippen molar-refractivity contribution in [1.82, 2.24) is 15.4 Å². The van der Waals surface area contributed by atoms with E-state index in [0.29, 0.717) is 11.6 Å². The second-order valence-corrected chi connectivity index (χ2v) is 3.67. The Hall–Kier alpha value is -0.880. The molecule has 0 spiro atoms. The normalized spacial score (nSPS) is 10.4. The van der Waals surface area contributed by atoms with Gasteiger partial charge in [-0.2, -0.15) is 0 Å². The molecule has 0 saturated carbocycles. The van der Waals surface area contributed by atoms with Crippen molar-refractivity contribution in [3.05, 3.63) is 15.9 Å². The molecule has 0 bridgehead atoms. The van der Waals surface area contributed by atoms with Gasteiger partial charge in [0.15, 0.2) is 0 Å². The lowest BCUT2D eigenvalue weighted by Gasteiger charge is -2.02. The standard InChI is InChI=1S/C8H14N4OS/c1-14-8-6(4-2-3-5-9)7(13)10-12-11-8/h2-5,9H2,1H3,(H,10,11,13). The SMILES string of the molecule is CSc1nn[nH]c(=O)c1CCCCN. The van der Waals surface area contributed by atoms with Crippen LogP contribution in [-0.4, -0.2) is 28.2 Å². The van der Waals surface area contributed by atoms with Crippen LogP contribution in [0.2, 0.25) is 0 Å². The number of aromatic amines is 1. The number of unbranched alkanes of at least 4 members (excludes halogenated alkanes) is 1. The fourth-order valence-electron chi connectivity index (χ4n) is 1.17. The summed E-state index contributed by atoms with van der Waals surface area (Å²) in [5.74, 6) is 0. The first-order valence-corrected chi connectivity index (χ1v) is 5.70. The van der Waals surface area contributed by atoms with Gasteiger partial charge in [0.25, 0.3) is 5.56 Å². The minimum Gasteiger partial charge on any atom is -0.330 e. The maximum absolute atomic E-state index is 11.4. The predicted octanol–water partition coefficient (Wildman–Crippen LogP) is 0.168. The first-order chi connectivity index (χ1) is 6.79. The molecular weight excluding hydrogens is 200 g/mol. The van der Waals surface area contributed by atoms with Crippen molar-refractivity contribution in [3.8, 4) is 0 Å². The Morgan fingerprint density at radius 2 is 2.29 bits per heavy atom. The van der Waals surface area contributed by atoms with Crippen molar-refractivity contribution >= 4 is 11.8 Å². The number of rotatable bonds is 5. The highest BCUT2D eigenvalue weighted by atomic mass is 32.2. The molecule has 0 fully saturated rings. The van der Waals surface area contributed by atoms with Crippen LogP contribution in [0.15, 0.2) is 9.82 Å². The molecule has 78 valence electrons. The second-order valence-electron chi connectivity index (χ2n) is 2.87. The molecule has 0 saturated heterocycles. The fraction of sp³-hybridized carbons (Fsp3) is 0.625. The first kappa shape index (κ1) is 11.2. The monoisotopic (exact) mass is 214 g/mol. The molecule has 0 aromatic carbocycles. The maximum Gasteiger partial charge on any atom is 0.271 e. The van der Waals surface area contributed by atoms with E-state index < -0.39 is 0 Å². The van der Waals surface area contributed by atoms with Crippen LogP contribution in [0.4, 0.5) is 0 Å². The number of aromatic nitrogens is 3. The Labute approximate surface area is 86.5 Å². The smallest absolute Gasteiger partial charge is 0.271 e. The van der Waals surface area contributed by atoms with Gasteiger partial charge in [0, 0.05) is 0 Å². The number of nitrogens with zero attached hydrogens (tertiary/aromatic N) is 2. The molecule has 1 aromatic rings. The molecule has 14 heavy (non-hydrogen) atoms. The molecule has 0 atom stereocenters. The van der Waals surface area contributed by atoms with Crippen LogP contribution in [0.1, 0.15) is 18.4 Å². The summed E-state index contributed by atoms with van der Waals surface area (Å²) in [7, 11) is 0. The summed E-state index contributed by atoms with van der Waals surface area (Å²) in [6, 6.07) is 0. The number of nitrogens with two attached hydrogens (primary N) is 1. The minimum absolute atomic E-state index is 0.138. The van der Waals surface area contributed by atoms with Gasteiger partial charge in [-0.15, -0.1) is 16.9 Å². The molecular formula is C8H14N4OS. The van der Waals surface area contributed by atoms with Crippen LogP contribution in [0, 0.1) is 0 Å². The van der Waals surface area contributed by atoms with Crippen molar-refractivity contribution in [2.75, 3.05) is 12.8 Å². The molecule has 0 aliphatic carbocycles. The topological polar surface area (TPSA) is 84.7 Å². The van der Waals surface area contributed by atoms with Crippen LogP contribution in [0.25, 0.3) is 0 Å². The van der Waals surface area contributed by atoms with Crippen molar-refractivity contribution in [2.45, 2.75) is 24.3 Å². The Morgan fingerprint density at radius 1 is 1.50 bits per heavy atom. The summed E-state index contributed by atoms with van der Waals surface area (Å²) in [6.45, 7) is 0.658. The van der Waals surface area contributed by atoms with E-state index in [1.807, 2.05) is 6.26 Å². The lowest BCUT2D eigenvalue weighted by Crippen LogP contribution is -2.17. The highest BCUT2D eigenvalue weighted by Crippen LogP contribution is 2.14. The minimum atomic E-state index is -0.138. The third-order valence-corrected chi connectivity index (χ3v) is 2.61. The van der Waals surface area contributed by atoms with E-state index in [9.17, 15) is 4.79 Å². The number of hydrogen-bond acceptors (Lipinski definition) is 5. The Kier molecular flexibility index (Phi) is 4.61. The predicted molar refractivity (Wildman–Crippen MR) is 56.4 cm³/mol. The van der Waals surface area contributed by atoms with Gasteiger partial charge in [0.1, 0.15) is 5.03 Å². The summed E-state index contributed by atoms with van der Waals surface area (Å²) < 4.78 is 0. The molecule has 1 heterocycles. The van der Waals surface area contributed by atoms with E-state index >= 15 is 0 Å². The van der Waals surface area contributed by atoms with Gasteiger partial charge in [-0.05, 0) is 32.1 Å². The van der Waals surface area contributed by atoms with Gasteiger partial charge in [0.2, 0.25) is 0 Å². The van der Waals surface area contributed by atoms with Crippen molar-refractivity contribution in [3.63, 3.8) is 0 Å². The van der Waals surface area contributed by atoms with Gasteiger partial charge < -0.3 is 5.73 Å². The third kappa shape index (κ3) is 2.81. The highest BCUT2D eigenvalue weighted by molar-refractivity contribution is 7.98. The average molecular weight is 214 g/mol. The van der Waals surface area contributed by atoms with Crippen molar-refractivity contribution < 1.29 is 0 Å². The lowest BCUT2D eigenvalue weighted by atomic mass is 10.1. The molecule has 0 amide bonds. The van der Waals surface area contributed by atoms with Crippen LogP contribution in [0.3, 0.4) is 0 Å². The van der Waals surface area contributed by atoms with E-state index in [-0.39, 0.29) is 5.56 Å². The summed E-state index contributed by atoms with van der Waals surface area (Å²) in [6.07, 6.45) is 4.45. The molecule has 0 unspecified atom stereocenters. The molecule has 3 N–H and O–H groups in total. The summed E-state index contributed by atoms with van der Waals surface area (Å²) >= 11 is 1.44. The molecule has 6 heteroatoms. The molecule has 0 aliphatic heterocycles. The third-order valence-electron chi connectivity index (χ3n) is 1.90. The van der Waals surface area contributed by atoms with Crippen molar-refractivity contribution in [1.29, 1.82) is 0 Å². The van der Waals surface area contributed by atoms with E-state index in [2.05, 4.69) is 15.4 Å². The van der Waals surface area contributed by atoms with E-state index in [0.717, 1.165) is 24.8 Å². The molecule has 1 aromatic heterocycles. The van der Waals surface area contributed by atoms with Crippen molar-refractivity contribution in [2.24, 2.45) is 5.73 Å². The van der Waals surface area contributed by atoms with Gasteiger partial charge in [-0.3, -0.25) is 4.79 Å². The zero-order valence-corrected chi connectivity index (χ0v) is 8.93. The number of thioether (sulfide) groups is 1. The Morgan fingerprint density at radius 3 is 2.93 bits per heavy atom. The summed E-state index contributed by atoms with van der Waals surface area (Å²) in [4.78, 5) is 11.4. The van der Waals surface area contributed by atoms with E-state index in [4.69, 9.17) is 5.73 Å². The quantitative estimate of drug-likeness (QED) is 0.539. The number of nitrogens with one attached hydrogen (secondary N) is 1. The molecule has 0 aliphatic rings. The zero-order valence-electron chi connectivity index (χ0n) is 8.12. The van der Waals surface area contributed by atoms with Crippen LogP contribution >= 0.6 is 11.8 Å². The van der Waals surface area contributed by atoms with Crippen LogP contribution < -0.4 is 11.3 Å². The first-order valence-electron chi connectivity index (χ1n) is 4.48. The van der Waals surface area contributed by atoms with Crippen LogP contribution in [-0.2, 0) is 6.42 Å². The molecule has 1 rings (SSSR count). The number of hydrogen-bond donors (Lipinski definition) is 2. The van der Waals surface area contributed by atoms with Gasteiger partial charge >= 0.3 is 0 Å². The second kappa shape index (κ2) is 5.77. The van der Waals surface area contributed by atoms with Crippen LogP contribution in [0.5, 0.6) is 0 Å². The van der Waals surface area contributed by atoms with E-state index in [1.165, 1.54) is 11.8 Å². The van der Waals surface area contributed by atoms with Gasteiger partial charge in [-0.1, -0.05) is 5.21 Å². The summed E-state index contributed by atoms with van der Waals surface area (Å²) in [5, 5.41) is 10.4. The Bertz CT molecular complexity index is 338. The van der Waals surface area contributed by atoms with E-state index in [1.54, 1.807) is 0 Å². The zero-order chi connectivity index (χ0) is 10.4. The van der Waals surface area contributed by atoms with Gasteiger partial charge in [-0.25, -0.2) is 5.10 Å². The molecule has 5 nitrogen and oxygen atoms in total. The summed E-state index contributed by atoms with van der Waals surface area (Å²) in [5.41, 5.74) is 5.97. The maximum atomic E-state index is 11.4. The largest absolute Gasteiger partial charge is 0.330 e. The molecule has 0 radical (unpaired) electrons. The Balaban J connectivity index is 2.77. The number of H-pyrrole nitrogens is 1. The lowest BCUT2D eigenvalue weighted by molar-refractivity contribution is 0.691. The fourth-order valence-corrected chi connectivity index (χ4v) is 1.74.